The molecule has 2 rings (SSSR count). The lowest BCUT2D eigenvalue weighted by Crippen LogP contribution is -2.39. The van der Waals surface area contributed by atoms with Crippen molar-refractivity contribution >= 4 is 53.1 Å². The zero-order valence-electron chi connectivity index (χ0n) is 16.3. The minimum atomic E-state index is -0.752. The van der Waals surface area contributed by atoms with Crippen LogP contribution in [0.15, 0.2) is 23.2 Å². The molecule has 1 unspecified atom stereocenters. The number of benzene rings is 1. The Morgan fingerprint density at radius 2 is 1.86 bits per heavy atom. The van der Waals surface area contributed by atoms with Crippen LogP contribution in [0.25, 0.3) is 0 Å². The van der Waals surface area contributed by atoms with E-state index in [1.54, 1.807) is 18.2 Å². The number of rotatable bonds is 9. The van der Waals surface area contributed by atoms with Crippen LogP contribution in [-0.4, -0.2) is 68.4 Å². The van der Waals surface area contributed by atoms with E-state index in [9.17, 15) is 5.11 Å². The van der Waals surface area contributed by atoms with Crippen LogP contribution in [0, 0.1) is 0 Å². The molecule has 3 N–H and O–H groups in total. The highest BCUT2D eigenvalue weighted by Gasteiger charge is 2.11. The lowest BCUT2D eigenvalue weighted by Gasteiger charge is -2.26. The van der Waals surface area contributed by atoms with Crippen molar-refractivity contribution < 1.29 is 9.84 Å². The predicted octanol–water partition coefficient (Wildman–Crippen LogP) is 3.31. The van der Waals surface area contributed by atoms with Gasteiger partial charge in [0.05, 0.1) is 25.9 Å². The molecule has 1 aliphatic heterocycles. The topological polar surface area (TPSA) is 69.1 Å². The fourth-order valence-electron chi connectivity index (χ4n) is 2.88. The van der Waals surface area contributed by atoms with Crippen molar-refractivity contribution in [3.8, 4) is 0 Å². The molecule has 1 aromatic carbocycles. The molecule has 0 spiro atoms. The van der Waals surface area contributed by atoms with Crippen molar-refractivity contribution in [2.45, 2.75) is 25.9 Å². The molecule has 28 heavy (non-hydrogen) atoms. The number of morpholine rings is 1. The molecule has 1 saturated heterocycles. The van der Waals surface area contributed by atoms with Crippen LogP contribution in [-0.2, 0) is 4.74 Å². The van der Waals surface area contributed by atoms with E-state index in [4.69, 9.17) is 27.9 Å². The maximum absolute atomic E-state index is 10.3. The number of hydrogen-bond donors (Lipinski definition) is 3. The lowest BCUT2D eigenvalue weighted by atomic mass is 10.1. The fourth-order valence-corrected chi connectivity index (χ4v) is 3.43. The molecular formula is C19H31Cl2IN4O2. The molecule has 0 radical (unpaired) electrons. The SMILES string of the molecule is CCNC(=NCC(O)c1cc(Cl)cc(Cl)c1)NCCCCN1CCOCC1.I. The Bertz CT molecular complexity index is 581. The quantitative estimate of drug-likeness (QED) is 0.193. The standard InChI is InChI=1S/C19H30Cl2N4O2.HI/c1-2-22-19(23-5-3-4-6-25-7-9-27-10-8-25)24-14-18(26)15-11-16(20)13-17(21)12-15;/h11-13,18,26H,2-10,14H2,1H3,(H2,22,23,24);1H. The van der Waals surface area contributed by atoms with E-state index in [1.165, 1.54) is 0 Å². The molecule has 160 valence electrons. The summed E-state index contributed by atoms with van der Waals surface area (Å²) in [4.78, 5) is 6.91. The van der Waals surface area contributed by atoms with Crippen LogP contribution in [0.4, 0.5) is 0 Å². The van der Waals surface area contributed by atoms with Crippen LogP contribution in [0.5, 0.6) is 0 Å². The first-order chi connectivity index (χ1) is 13.1. The van der Waals surface area contributed by atoms with Gasteiger partial charge < -0.3 is 20.5 Å². The Kier molecular flexibility index (Phi) is 13.4. The first-order valence-corrected chi connectivity index (χ1v) is 10.3. The number of aliphatic hydroxyl groups is 1. The van der Waals surface area contributed by atoms with E-state index in [2.05, 4.69) is 20.5 Å². The third kappa shape index (κ3) is 9.93. The van der Waals surface area contributed by atoms with Gasteiger partial charge >= 0.3 is 0 Å². The maximum Gasteiger partial charge on any atom is 0.191 e. The molecule has 0 saturated carbocycles. The van der Waals surface area contributed by atoms with Gasteiger partial charge in [0.2, 0.25) is 0 Å². The monoisotopic (exact) mass is 544 g/mol. The summed E-state index contributed by atoms with van der Waals surface area (Å²) in [5.41, 5.74) is 0.664. The second kappa shape index (κ2) is 14.6. The van der Waals surface area contributed by atoms with E-state index in [-0.39, 0.29) is 30.5 Å². The molecular weight excluding hydrogens is 514 g/mol. The van der Waals surface area contributed by atoms with E-state index >= 15 is 0 Å². The van der Waals surface area contributed by atoms with Crippen molar-refractivity contribution in [2.24, 2.45) is 4.99 Å². The normalized spacial score (nSPS) is 16.4. The average molecular weight is 545 g/mol. The van der Waals surface area contributed by atoms with Gasteiger partial charge in [-0.2, -0.15) is 0 Å². The van der Waals surface area contributed by atoms with Crippen LogP contribution >= 0.6 is 47.2 Å². The Labute approximate surface area is 195 Å². The number of nitrogens with zero attached hydrogens (tertiary/aromatic N) is 2. The Morgan fingerprint density at radius 1 is 1.18 bits per heavy atom. The van der Waals surface area contributed by atoms with E-state index in [0.29, 0.717) is 21.6 Å². The summed E-state index contributed by atoms with van der Waals surface area (Å²) < 4.78 is 5.36. The van der Waals surface area contributed by atoms with Crippen LogP contribution < -0.4 is 10.6 Å². The highest BCUT2D eigenvalue weighted by atomic mass is 127. The van der Waals surface area contributed by atoms with Crippen LogP contribution in [0.2, 0.25) is 10.0 Å². The fraction of sp³-hybridized carbons (Fsp3) is 0.632. The lowest BCUT2D eigenvalue weighted by molar-refractivity contribution is 0.0372. The molecule has 1 heterocycles. The van der Waals surface area contributed by atoms with Gasteiger partial charge in [-0.3, -0.25) is 9.89 Å². The van der Waals surface area contributed by atoms with Gasteiger partial charge in [-0.1, -0.05) is 23.2 Å². The first kappa shape index (κ1) is 25.7. The number of nitrogens with one attached hydrogen (secondary N) is 2. The number of guanidine groups is 1. The smallest absolute Gasteiger partial charge is 0.191 e. The third-order valence-corrected chi connectivity index (χ3v) is 4.77. The number of halogens is 3. The molecule has 0 aliphatic carbocycles. The minimum Gasteiger partial charge on any atom is -0.386 e. The highest BCUT2D eigenvalue weighted by molar-refractivity contribution is 14.0. The highest BCUT2D eigenvalue weighted by Crippen LogP contribution is 2.23. The summed E-state index contributed by atoms with van der Waals surface area (Å²) in [7, 11) is 0. The molecule has 1 aromatic rings. The molecule has 1 aliphatic rings. The number of ether oxygens (including phenoxy) is 1. The van der Waals surface area contributed by atoms with Gasteiger partial charge in [0.1, 0.15) is 0 Å². The first-order valence-electron chi connectivity index (χ1n) is 9.55. The molecule has 0 amide bonds. The summed E-state index contributed by atoms with van der Waals surface area (Å²) in [5, 5.41) is 17.9. The number of hydrogen-bond acceptors (Lipinski definition) is 4. The van der Waals surface area contributed by atoms with Crippen molar-refractivity contribution in [1.29, 1.82) is 0 Å². The zero-order chi connectivity index (χ0) is 19.5. The van der Waals surface area contributed by atoms with Gasteiger partial charge in [-0.25, -0.2) is 0 Å². The van der Waals surface area contributed by atoms with Gasteiger partial charge in [0, 0.05) is 36.2 Å². The van der Waals surface area contributed by atoms with Crippen LogP contribution in [0.3, 0.4) is 0 Å². The van der Waals surface area contributed by atoms with Gasteiger partial charge in [0.25, 0.3) is 0 Å². The van der Waals surface area contributed by atoms with Crippen molar-refractivity contribution in [2.75, 3.05) is 52.5 Å². The maximum atomic E-state index is 10.3. The minimum absolute atomic E-state index is 0. The van der Waals surface area contributed by atoms with Crippen molar-refractivity contribution in [3.63, 3.8) is 0 Å². The summed E-state index contributed by atoms with van der Waals surface area (Å²) in [6, 6.07) is 5.06. The summed E-state index contributed by atoms with van der Waals surface area (Å²) in [6.45, 7) is 8.71. The molecule has 0 aromatic heterocycles. The van der Waals surface area contributed by atoms with E-state index in [1.807, 2.05) is 6.92 Å². The molecule has 1 atom stereocenters. The summed E-state index contributed by atoms with van der Waals surface area (Å²) >= 11 is 12.0. The molecule has 0 bridgehead atoms. The van der Waals surface area contributed by atoms with Crippen LogP contribution in [0.1, 0.15) is 31.4 Å². The third-order valence-electron chi connectivity index (χ3n) is 4.33. The Morgan fingerprint density at radius 3 is 2.50 bits per heavy atom. The average Bonchev–Trinajstić information content (AvgIpc) is 2.65. The Balaban J connectivity index is 0.00000392. The predicted molar refractivity (Wildman–Crippen MR) is 127 cm³/mol. The van der Waals surface area contributed by atoms with Gasteiger partial charge in [0.15, 0.2) is 5.96 Å². The Hall–Kier alpha value is -0.320. The van der Waals surface area contributed by atoms with Crippen molar-refractivity contribution in [1.82, 2.24) is 15.5 Å². The van der Waals surface area contributed by atoms with Gasteiger partial charge in [-0.15, -0.1) is 24.0 Å². The second-order valence-electron chi connectivity index (χ2n) is 6.53. The summed E-state index contributed by atoms with van der Waals surface area (Å²) in [6.07, 6.45) is 1.45. The van der Waals surface area contributed by atoms with E-state index < -0.39 is 6.10 Å². The second-order valence-corrected chi connectivity index (χ2v) is 7.40. The molecule has 1 fully saturated rings. The van der Waals surface area contributed by atoms with E-state index in [0.717, 1.165) is 58.8 Å². The zero-order valence-corrected chi connectivity index (χ0v) is 20.1. The largest absolute Gasteiger partial charge is 0.386 e. The number of aliphatic imine (C=N–C) groups is 1. The number of aliphatic hydroxyl groups excluding tert-OH is 1. The number of unbranched alkanes of at least 4 members (excludes halogenated alkanes) is 1. The molecule has 6 nitrogen and oxygen atoms in total. The van der Waals surface area contributed by atoms with Crippen molar-refractivity contribution in [3.05, 3.63) is 33.8 Å². The molecule has 9 heteroatoms. The van der Waals surface area contributed by atoms with Gasteiger partial charge in [-0.05, 0) is 50.1 Å². The summed E-state index contributed by atoms with van der Waals surface area (Å²) in [5.74, 6) is 0.705.